The lowest BCUT2D eigenvalue weighted by Crippen LogP contribution is -2.52. The molecule has 0 bridgehead atoms. The second-order valence-corrected chi connectivity index (χ2v) is 6.59. The maximum absolute atomic E-state index is 12.5. The topological polar surface area (TPSA) is 38.3 Å². The van der Waals surface area contributed by atoms with Gasteiger partial charge in [0.2, 0.25) is 0 Å². The highest BCUT2D eigenvalue weighted by Crippen LogP contribution is 2.37. The van der Waals surface area contributed by atoms with E-state index in [1.165, 1.54) is 7.11 Å². The van der Waals surface area contributed by atoms with Gasteiger partial charge in [-0.3, -0.25) is 10.1 Å². The van der Waals surface area contributed by atoms with Crippen LogP contribution in [0.3, 0.4) is 0 Å². The number of hydrogen-bond acceptors (Lipinski definition) is 3. The molecule has 1 atom stereocenters. The molecule has 3 nitrogen and oxygen atoms in total. The van der Waals surface area contributed by atoms with Crippen LogP contribution in [0.2, 0.25) is 0 Å². The fourth-order valence-electron chi connectivity index (χ4n) is 3.60. The van der Waals surface area contributed by atoms with E-state index in [2.05, 4.69) is 48.3 Å². The van der Waals surface area contributed by atoms with Crippen molar-refractivity contribution in [1.82, 2.24) is 5.32 Å². The maximum Gasteiger partial charge on any atom is 0.323 e. The minimum Gasteiger partial charge on any atom is -0.468 e. The molecule has 28 heavy (non-hydrogen) atoms. The van der Waals surface area contributed by atoms with Crippen LogP contribution in [-0.4, -0.2) is 19.1 Å². The summed E-state index contributed by atoms with van der Waals surface area (Å²) in [6, 6.07) is 30.0. The van der Waals surface area contributed by atoms with Crippen molar-refractivity contribution in [2.24, 2.45) is 0 Å². The molecule has 0 radical (unpaired) electrons. The molecule has 0 saturated heterocycles. The van der Waals surface area contributed by atoms with Gasteiger partial charge in [0.05, 0.1) is 12.6 Å². The van der Waals surface area contributed by atoms with Gasteiger partial charge in [-0.25, -0.2) is 0 Å². The summed E-state index contributed by atoms with van der Waals surface area (Å²) in [6.07, 6.45) is 2.20. The first kappa shape index (κ1) is 19.6. The molecule has 0 aromatic heterocycles. The van der Waals surface area contributed by atoms with E-state index in [9.17, 15) is 4.79 Å². The summed E-state index contributed by atoms with van der Waals surface area (Å²) in [4.78, 5) is 12.5. The zero-order chi connectivity index (χ0) is 19.8. The van der Waals surface area contributed by atoms with Crippen molar-refractivity contribution >= 4 is 5.97 Å². The minimum atomic E-state index is -0.717. The molecule has 3 rings (SSSR count). The van der Waals surface area contributed by atoms with Crippen molar-refractivity contribution in [3.8, 4) is 0 Å². The van der Waals surface area contributed by atoms with E-state index in [0.29, 0.717) is 6.42 Å². The third kappa shape index (κ3) is 3.90. The number of methoxy groups -OCH3 is 1. The second-order valence-electron chi connectivity index (χ2n) is 6.59. The number of carbonyl (C=O) groups excluding carboxylic acids is 1. The van der Waals surface area contributed by atoms with Gasteiger partial charge < -0.3 is 4.74 Å². The van der Waals surface area contributed by atoms with Crippen LogP contribution in [0.5, 0.6) is 0 Å². The fraction of sp³-hybridized carbons (Fsp3) is 0.160. The van der Waals surface area contributed by atoms with Crippen molar-refractivity contribution < 1.29 is 9.53 Å². The molecule has 0 fully saturated rings. The monoisotopic (exact) mass is 371 g/mol. The van der Waals surface area contributed by atoms with Crippen LogP contribution in [-0.2, 0) is 15.1 Å². The van der Waals surface area contributed by atoms with E-state index < -0.39 is 11.6 Å². The van der Waals surface area contributed by atoms with Crippen LogP contribution in [0.15, 0.2) is 104 Å². The molecule has 3 heteroatoms. The van der Waals surface area contributed by atoms with Gasteiger partial charge in [0, 0.05) is 0 Å². The first-order valence-electron chi connectivity index (χ1n) is 9.35. The van der Waals surface area contributed by atoms with E-state index in [0.717, 1.165) is 16.7 Å². The van der Waals surface area contributed by atoms with Crippen LogP contribution >= 0.6 is 0 Å². The Labute approximate surface area is 166 Å². The molecule has 0 heterocycles. The Morgan fingerprint density at radius 2 is 1.29 bits per heavy atom. The molecule has 0 aliphatic carbocycles. The Balaban J connectivity index is 2.27. The Bertz CT molecular complexity index is 795. The predicted octanol–water partition coefficient (Wildman–Crippen LogP) is 4.69. The molecule has 0 saturated carbocycles. The van der Waals surface area contributed by atoms with Gasteiger partial charge in [-0.15, -0.1) is 6.58 Å². The number of carbonyl (C=O) groups is 1. The second kappa shape index (κ2) is 9.16. The highest BCUT2D eigenvalue weighted by Gasteiger charge is 2.39. The molecule has 0 spiro atoms. The van der Waals surface area contributed by atoms with Gasteiger partial charge in [0.25, 0.3) is 0 Å². The largest absolute Gasteiger partial charge is 0.468 e. The predicted molar refractivity (Wildman–Crippen MR) is 113 cm³/mol. The standard InChI is InChI=1S/C25H25NO2/c1-3-13-23(24(27)28-2)26-25(20-14-7-4-8-15-20,21-16-9-5-10-17-21)22-18-11-6-12-19-22/h3-12,14-19,23,26H,1,13H2,2H3/t23-/m0/s1. The van der Waals surface area contributed by atoms with E-state index in [1.54, 1.807) is 6.08 Å². The summed E-state index contributed by atoms with van der Waals surface area (Å²) in [5.74, 6) is -0.313. The molecule has 0 aliphatic rings. The SMILES string of the molecule is C=CC[C@H](NC(c1ccccc1)(c1ccccc1)c1ccccc1)C(=O)OC. The smallest absolute Gasteiger partial charge is 0.323 e. The molecular formula is C25H25NO2. The van der Waals surface area contributed by atoms with Crippen LogP contribution in [0.4, 0.5) is 0 Å². The van der Waals surface area contributed by atoms with Gasteiger partial charge >= 0.3 is 5.97 Å². The number of esters is 1. The zero-order valence-corrected chi connectivity index (χ0v) is 16.0. The van der Waals surface area contributed by atoms with Gasteiger partial charge in [0.1, 0.15) is 6.04 Å². The number of nitrogens with one attached hydrogen (secondary N) is 1. The summed E-state index contributed by atoms with van der Waals surface area (Å²) in [5, 5.41) is 3.62. The van der Waals surface area contributed by atoms with Crippen LogP contribution in [0, 0.1) is 0 Å². The maximum atomic E-state index is 12.5. The highest BCUT2D eigenvalue weighted by molar-refractivity contribution is 5.76. The van der Waals surface area contributed by atoms with Crippen LogP contribution in [0.1, 0.15) is 23.1 Å². The quantitative estimate of drug-likeness (QED) is 0.355. The molecule has 0 unspecified atom stereocenters. The van der Waals surface area contributed by atoms with Gasteiger partial charge in [-0.05, 0) is 23.1 Å². The van der Waals surface area contributed by atoms with E-state index in [4.69, 9.17) is 4.74 Å². The number of benzene rings is 3. The fourth-order valence-corrected chi connectivity index (χ4v) is 3.60. The number of rotatable bonds is 8. The lowest BCUT2D eigenvalue weighted by Gasteiger charge is -2.39. The van der Waals surface area contributed by atoms with Crippen molar-refractivity contribution in [3.05, 3.63) is 120 Å². The van der Waals surface area contributed by atoms with Crippen LogP contribution < -0.4 is 5.32 Å². The van der Waals surface area contributed by atoms with E-state index in [1.807, 2.05) is 54.6 Å². The van der Waals surface area contributed by atoms with Crippen molar-refractivity contribution in [1.29, 1.82) is 0 Å². The third-order valence-electron chi connectivity index (χ3n) is 4.90. The molecule has 0 aliphatic heterocycles. The Morgan fingerprint density at radius 3 is 1.61 bits per heavy atom. The summed E-state index contributed by atoms with van der Waals surface area (Å²) in [7, 11) is 1.41. The highest BCUT2D eigenvalue weighted by atomic mass is 16.5. The van der Waals surface area contributed by atoms with Crippen molar-refractivity contribution in [2.45, 2.75) is 18.0 Å². The molecular weight excluding hydrogens is 346 g/mol. The Morgan fingerprint density at radius 1 is 0.893 bits per heavy atom. The Hall–Kier alpha value is -3.17. The average molecular weight is 371 g/mol. The van der Waals surface area contributed by atoms with Gasteiger partial charge in [0.15, 0.2) is 0 Å². The minimum absolute atomic E-state index is 0.313. The summed E-state index contributed by atoms with van der Waals surface area (Å²) in [5.41, 5.74) is 2.42. The first-order chi connectivity index (χ1) is 13.7. The van der Waals surface area contributed by atoms with E-state index in [-0.39, 0.29) is 5.97 Å². The van der Waals surface area contributed by atoms with E-state index >= 15 is 0 Å². The molecule has 142 valence electrons. The van der Waals surface area contributed by atoms with Crippen LogP contribution in [0.25, 0.3) is 0 Å². The Kier molecular flexibility index (Phi) is 6.41. The molecule has 3 aromatic rings. The normalized spacial score (nSPS) is 12.2. The lowest BCUT2D eigenvalue weighted by atomic mass is 9.76. The summed E-state index contributed by atoms with van der Waals surface area (Å²) >= 11 is 0. The molecule has 1 N–H and O–H groups in total. The third-order valence-corrected chi connectivity index (χ3v) is 4.90. The molecule has 3 aromatic carbocycles. The van der Waals surface area contributed by atoms with Gasteiger partial charge in [-0.1, -0.05) is 97.1 Å². The van der Waals surface area contributed by atoms with Crippen molar-refractivity contribution in [2.75, 3.05) is 7.11 Å². The average Bonchev–Trinajstić information content (AvgIpc) is 2.78. The van der Waals surface area contributed by atoms with Crippen molar-refractivity contribution in [3.63, 3.8) is 0 Å². The summed E-state index contributed by atoms with van der Waals surface area (Å²) < 4.78 is 5.07. The lowest BCUT2D eigenvalue weighted by molar-refractivity contribution is -0.143. The van der Waals surface area contributed by atoms with Gasteiger partial charge in [-0.2, -0.15) is 0 Å². The number of hydrogen-bond donors (Lipinski definition) is 1. The zero-order valence-electron chi connectivity index (χ0n) is 16.0. The molecule has 0 amide bonds. The summed E-state index contributed by atoms with van der Waals surface area (Å²) in [6.45, 7) is 3.82. The first-order valence-corrected chi connectivity index (χ1v) is 9.35. The number of ether oxygens (including phenoxy) is 1.